The third kappa shape index (κ3) is 9.66. The van der Waals surface area contributed by atoms with Crippen LogP contribution in [0.3, 0.4) is 0 Å². The molecule has 0 saturated heterocycles. The number of hydrogen-bond acceptors (Lipinski definition) is 5. The van der Waals surface area contributed by atoms with Gasteiger partial charge in [-0.25, -0.2) is 0 Å². The van der Waals surface area contributed by atoms with E-state index in [-0.39, 0.29) is 31.4 Å². The van der Waals surface area contributed by atoms with Crippen LogP contribution in [-0.4, -0.2) is 50.2 Å². The van der Waals surface area contributed by atoms with E-state index in [2.05, 4.69) is 32.4 Å². The molecule has 0 spiro atoms. The summed E-state index contributed by atoms with van der Waals surface area (Å²) in [5, 5.41) is 0. The number of benzene rings is 1. The molecule has 0 aliphatic rings. The molecule has 196 valence electrons. The predicted molar refractivity (Wildman–Crippen MR) is 144 cm³/mol. The van der Waals surface area contributed by atoms with Gasteiger partial charge in [-0.05, 0) is 40.5 Å². The van der Waals surface area contributed by atoms with Crippen molar-refractivity contribution in [2.45, 2.75) is 86.6 Å². The van der Waals surface area contributed by atoms with Crippen LogP contribution in [0, 0.1) is 10.8 Å². The van der Waals surface area contributed by atoms with E-state index < -0.39 is 24.1 Å². The Hall–Kier alpha value is -1.45. The zero-order chi connectivity index (χ0) is 26.2. The molecular weight excluding hydrogens is 447 g/mol. The fourth-order valence-electron chi connectivity index (χ4n) is 2.93. The molecule has 0 aliphatic heterocycles. The normalized spacial score (nSPS) is 14.9. The number of carbonyl (C=O) groups is 2. The Labute approximate surface area is 208 Å². The first-order valence-electron chi connectivity index (χ1n) is 12.7. The molecule has 0 bridgehead atoms. The summed E-state index contributed by atoms with van der Waals surface area (Å²) < 4.78 is 17.3. The third-order valence-electron chi connectivity index (χ3n) is 7.12. The second-order valence-corrected chi connectivity index (χ2v) is 17.3. The van der Waals surface area contributed by atoms with Crippen LogP contribution in [-0.2, 0) is 36.6 Å². The number of esters is 2. The van der Waals surface area contributed by atoms with Crippen molar-refractivity contribution in [3.8, 4) is 0 Å². The molecular formula is C28H49O5P. The average Bonchev–Trinajstić information content (AvgIpc) is 2.80. The van der Waals surface area contributed by atoms with Crippen LogP contribution < -0.4 is 0 Å². The predicted octanol–water partition coefficient (Wildman–Crippen LogP) is 6.45. The molecule has 1 atom stereocenters. The molecule has 0 saturated carbocycles. The van der Waals surface area contributed by atoms with Gasteiger partial charge in [0.2, 0.25) is 0 Å². The molecule has 1 unspecified atom stereocenters. The number of hydrogen-bond donors (Lipinski definition) is 0. The quantitative estimate of drug-likeness (QED) is 0.219. The molecule has 6 heteroatoms. The fourth-order valence-corrected chi connectivity index (χ4v) is 4.53. The van der Waals surface area contributed by atoms with E-state index in [4.69, 9.17) is 14.2 Å². The molecule has 1 aromatic carbocycles. The molecule has 1 rings (SSSR count). The van der Waals surface area contributed by atoms with E-state index in [9.17, 15) is 9.59 Å². The Balaban J connectivity index is 2.89. The fraction of sp³-hybridized carbons (Fsp3) is 0.714. The van der Waals surface area contributed by atoms with Gasteiger partial charge in [0.1, 0.15) is 0 Å². The van der Waals surface area contributed by atoms with E-state index in [1.807, 2.05) is 53.7 Å². The zero-order valence-electron chi connectivity index (χ0n) is 23.3. The average molecular weight is 497 g/mol. The second-order valence-electron chi connectivity index (χ2n) is 11.9. The summed E-state index contributed by atoms with van der Waals surface area (Å²) in [4.78, 5) is 25.7. The van der Waals surface area contributed by atoms with Gasteiger partial charge >= 0.3 is 144 Å². The van der Waals surface area contributed by atoms with Gasteiger partial charge in [-0.2, -0.15) is 0 Å². The molecule has 0 amide bonds. The Morgan fingerprint density at radius 1 is 0.794 bits per heavy atom. The van der Waals surface area contributed by atoms with E-state index >= 15 is 0 Å². The molecule has 0 N–H and O–H groups in total. The molecule has 0 aliphatic carbocycles. The standard InChI is InChI=1S/C28H49O5P/c1-11-26(4,5)24(29)32-20-28(8,21-33-27(6,7)12-2)25(30)31-18-22-14-16-23(17-15-22)19-34(9,10)13-3/h14-17,34H,11-13,18-21H2,1-10H3. The van der Waals surface area contributed by atoms with Gasteiger partial charge in [0.25, 0.3) is 0 Å². The SMILES string of the molecule is CCC(C)(C)OCC(C)(COC(=O)C(C)(C)CC)C(=O)OCc1ccc(C[PH](C)(C)CC)cc1. The molecule has 0 radical (unpaired) electrons. The summed E-state index contributed by atoms with van der Waals surface area (Å²) >= 11 is 0. The minimum absolute atomic E-state index is 0.0798. The van der Waals surface area contributed by atoms with Gasteiger partial charge in [-0.3, -0.25) is 4.79 Å². The molecule has 0 fully saturated rings. The van der Waals surface area contributed by atoms with Crippen molar-refractivity contribution >= 4 is 19.2 Å². The van der Waals surface area contributed by atoms with Crippen molar-refractivity contribution in [1.82, 2.24) is 0 Å². The van der Waals surface area contributed by atoms with E-state index in [1.54, 1.807) is 6.92 Å². The van der Waals surface area contributed by atoms with Gasteiger partial charge in [0, 0.05) is 0 Å². The summed E-state index contributed by atoms with van der Waals surface area (Å²) in [7, 11) is -1.20. The van der Waals surface area contributed by atoms with Gasteiger partial charge in [-0.1, -0.05) is 13.8 Å². The van der Waals surface area contributed by atoms with Crippen LogP contribution in [0.25, 0.3) is 0 Å². The van der Waals surface area contributed by atoms with Crippen molar-refractivity contribution in [3.63, 3.8) is 0 Å². The van der Waals surface area contributed by atoms with Crippen molar-refractivity contribution < 1.29 is 23.8 Å². The number of ether oxygens (including phenoxy) is 3. The number of rotatable bonds is 14. The van der Waals surface area contributed by atoms with Crippen LogP contribution in [0.4, 0.5) is 0 Å². The van der Waals surface area contributed by atoms with E-state index in [0.29, 0.717) is 6.42 Å². The van der Waals surface area contributed by atoms with E-state index in [1.165, 1.54) is 11.7 Å². The first kappa shape index (κ1) is 30.6. The Bertz CT molecular complexity index is 798. The second kappa shape index (κ2) is 12.5. The summed E-state index contributed by atoms with van der Waals surface area (Å²) in [5.74, 6) is -0.747. The molecule has 0 aromatic heterocycles. The van der Waals surface area contributed by atoms with Gasteiger partial charge < -0.3 is 0 Å². The van der Waals surface area contributed by atoms with Crippen LogP contribution in [0.5, 0.6) is 0 Å². The zero-order valence-corrected chi connectivity index (χ0v) is 24.3. The van der Waals surface area contributed by atoms with Crippen molar-refractivity contribution in [1.29, 1.82) is 0 Å². The third-order valence-corrected chi connectivity index (χ3v) is 10.4. The van der Waals surface area contributed by atoms with Crippen LogP contribution in [0.2, 0.25) is 0 Å². The first-order valence-corrected chi connectivity index (χ1v) is 16.1. The summed E-state index contributed by atoms with van der Waals surface area (Å²) in [6.07, 6.45) is 3.85. The molecule has 34 heavy (non-hydrogen) atoms. The van der Waals surface area contributed by atoms with Gasteiger partial charge in [0.05, 0.1) is 5.41 Å². The van der Waals surface area contributed by atoms with Crippen LogP contribution in [0.1, 0.15) is 79.4 Å². The summed E-state index contributed by atoms with van der Waals surface area (Å²) in [5.41, 5.74) is 0.182. The first-order chi connectivity index (χ1) is 15.6. The molecule has 5 nitrogen and oxygen atoms in total. The minimum atomic E-state index is -1.20. The van der Waals surface area contributed by atoms with Crippen LogP contribution >= 0.6 is 7.26 Å². The Morgan fingerprint density at radius 3 is 1.85 bits per heavy atom. The number of carbonyl (C=O) groups excluding carboxylic acids is 2. The van der Waals surface area contributed by atoms with Crippen LogP contribution in [0.15, 0.2) is 24.3 Å². The topological polar surface area (TPSA) is 61.8 Å². The monoisotopic (exact) mass is 496 g/mol. The summed E-state index contributed by atoms with van der Waals surface area (Å²) in [6.45, 7) is 20.7. The Kier molecular flexibility index (Phi) is 11.2. The van der Waals surface area contributed by atoms with Crippen molar-refractivity contribution in [3.05, 3.63) is 35.4 Å². The maximum absolute atomic E-state index is 13.2. The van der Waals surface area contributed by atoms with Crippen molar-refractivity contribution in [2.75, 3.05) is 32.7 Å². The van der Waals surface area contributed by atoms with Crippen molar-refractivity contribution in [2.24, 2.45) is 10.8 Å². The van der Waals surface area contributed by atoms with E-state index in [0.717, 1.165) is 18.1 Å². The van der Waals surface area contributed by atoms with Gasteiger partial charge in [-0.15, -0.1) is 0 Å². The Morgan fingerprint density at radius 2 is 1.35 bits per heavy atom. The molecule has 0 heterocycles. The summed E-state index contributed by atoms with van der Waals surface area (Å²) in [6, 6.07) is 8.32. The maximum atomic E-state index is 13.2. The molecule has 1 aromatic rings. The van der Waals surface area contributed by atoms with Gasteiger partial charge in [0.15, 0.2) is 0 Å².